The van der Waals surface area contributed by atoms with Crippen molar-refractivity contribution in [1.29, 1.82) is 0 Å². The van der Waals surface area contributed by atoms with E-state index in [1.165, 1.54) is 11.0 Å². The fraction of sp³-hybridized carbons (Fsp3) is 0.300. The molecule has 1 aliphatic rings. The zero-order valence-electron chi connectivity index (χ0n) is 15.3. The number of amides is 1. The van der Waals surface area contributed by atoms with Crippen molar-refractivity contribution >= 4 is 23.1 Å². The molecule has 0 radical (unpaired) electrons. The van der Waals surface area contributed by atoms with Crippen molar-refractivity contribution in [2.45, 2.75) is 18.9 Å². The third-order valence-corrected chi connectivity index (χ3v) is 4.76. The Kier molecular flexibility index (Phi) is 5.21. The Hall–Kier alpha value is -3.22. The summed E-state index contributed by atoms with van der Waals surface area (Å²) >= 11 is 0. The predicted octanol–water partition coefficient (Wildman–Crippen LogP) is 2.88. The van der Waals surface area contributed by atoms with Crippen LogP contribution in [0.15, 0.2) is 48.5 Å². The average molecular weight is 367 g/mol. The molecule has 1 unspecified atom stereocenters. The lowest BCUT2D eigenvalue weighted by Gasteiger charge is -2.27. The molecule has 0 saturated carbocycles. The number of ketones is 1. The number of hydrogen-bond donors (Lipinski definition) is 0. The third-order valence-electron chi connectivity index (χ3n) is 4.76. The van der Waals surface area contributed by atoms with Crippen molar-refractivity contribution in [1.82, 2.24) is 4.90 Å². The van der Waals surface area contributed by atoms with Gasteiger partial charge in [-0.2, -0.15) is 0 Å². The molecule has 7 nitrogen and oxygen atoms in total. The molecule has 2 aromatic rings. The second kappa shape index (κ2) is 7.57. The minimum absolute atomic E-state index is 0.0776. The molecule has 1 aliphatic heterocycles. The SMILES string of the molecule is CN(C)C(=O)C1CCCN1c1ccc(C(=O)c2ccccc2)cc1[N+](=O)[O-]. The fourth-order valence-electron chi connectivity index (χ4n) is 3.42. The van der Waals surface area contributed by atoms with Gasteiger partial charge in [-0.25, -0.2) is 0 Å². The molecule has 1 atom stereocenters. The average Bonchev–Trinajstić information content (AvgIpc) is 3.16. The van der Waals surface area contributed by atoms with E-state index in [1.54, 1.807) is 61.5 Å². The van der Waals surface area contributed by atoms with Crippen molar-refractivity contribution in [3.8, 4) is 0 Å². The largest absolute Gasteiger partial charge is 0.354 e. The molecule has 0 spiro atoms. The Labute approximate surface area is 157 Å². The fourth-order valence-corrected chi connectivity index (χ4v) is 3.42. The second-order valence-electron chi connectivity index (χ2n) is 6.74. The number of rotatable bonds is 5. The molecule has 0 aromatic heterocycles. The Morgan fingerprint density at radius 1 is 1.11 bits per heavy atom. The molecule has 140 valence electrons. The van der Waals surface area contributed by atoms with Gasteiger partial charge in [0.2, 0.25) is 5.91 Å². The van der Waals surface area contributed by atoms with Gasteiger partial charge < -0.3 is 9.80 Å². The van der Waals surface area contributed by atoms with Crippen molar-refractivity contribution in [3.05, 3.63) is 69.8 Å². The van der Waals surface area contributed by atoms with Gasteiger partial charge in [0, 0.05) is 37.8 Å². The van der Waals surface area contributed by atoms with Gasteiger partial charge in [-0.3, -0.25) is 19.7 Å². The normalized spacial score (nSPS) is 16.2. The van der Waals surface area contributed by atoms with Crippen LogP contribution in [0.4, 0.5) is 11.4 Å². The highest BCUT2D eigenvalue weighted by Crippen LogP contribution is 2.35. The highest BCUT2D eigenvalue weighted by atomic mass is 16.6. The Morgan fingerprint density at radius 2 is 1.81 bits per heavy atom. The van der Waals surface area contributed by atoms with Gasteiger partial charge in [-0.15, -0.1) is 0 Å². The van der Waals surface area contributed by atoms with E-state index in [4.69, 9.17) is 0 Å². The van der Waals surface area contributed by atoms with E-state index in [-0.39, 0.29) is 22.9 Å². The van der Waals surface area contributed by atoms with Crippen LogP contribution < -0.4 is 4.90 Å². The summed E-state index contributed by atoms with van der Waals surface area (Å²) in [5.74, 6) is -0.348. The molecule has 27 heavy (non-hydrogen) atoms. The maximum atomic E-state index is 12.6. The molecule has 1 amide bonds. The third kappa shape index (κ3) is 3.67. The van der Waals surface area contributed by atoms with Crippen LogP contribution in [0.5, 0.6) is 0 Å². The lowest BCUT2D eigenvalue weighted by atomic mass is 10.0. The zero-order valence-corrected chi connectivity index (χ0v) is 15.3. The predicted molar refractivity (Wildman–Crippen MR) is 102 cm³/mol. The topological polar surface area (TPSA) is 83.8 Å². The first-order valence-corrected chi connectivity index (χ1v) is 8.76. The molecular formula is C20H21N3O4. The van der Waals surface area contributed by atoms with E-state index in [0.29, 0.717) is 24.2 Å². The van der Waals surface area contributed by atoms with Crippen molar-refractivity contribution in [2.24, 2.45) is 0 Å². The van der Waals surface area contributed by atoms with Gasteiger partial charge in [0.1, 0.15) is 11.7 Å². The molecule has 1 heterocycles. The van der Waals surface area contributed by atoms with Crippen molar-refractivity contribution in [3.63, 3.8) is 0 Å². The molecular weight excluding hydrogens is 346 g/mol. The lowest BCUT2D eigenvalue weighted by Crippen LogP contribution is -2.43. The van der Waals surface area contributed by atoms with E-state index >= 15 is 0 Å². The van der Waals surface area contributed by atoms with Crippen molar-refractivity contribution < 1.29 is 14.5 Å². The van der Waals surface area contributed by atoms with Crippen LogP contribution in [0.25, 0.3) is 0 Å². The van der Waals surface area contributed by atoms with Crippen molar-refractivity contribution in [2.75, 3.05) is 25.5 Å². The highest BCUT2D eigenvalue weighted by Gasteiger charge is 2.35. The summed E-state index contributed by atoms with van der Waals surface area (Å²) in [7, 11) is 3.35. The van der Waals surface area contributed by atoms with E-state index in [2.05, 4.69) is 0 Å². The summed E-state index contributed by atoms with van der Waals surface area (Å²) in [6.07, 6.45) is 1.44. The summed E-state index contributed by atoms with van der Waals surface area (Å²) in [6.45, 7) is 0.567. The molecule has 1 fully saturated rings. The summed E-state index contributed by atoms with van der Waals surface area (Å²) in [5.41, 5.74) is 0.949. The summed E-state index contributed by atoms with van der Waals surface area (Å²) in [6, 6.07) is 12.7. The van der Waals surface area contributed by atoms with Crippen LogP contribution in [-0.2, 0) is 4.79 Å². The van der Waals surface area contributed by atoms with Gasteiger partial charge in [0.05, 0.1) is 4.92 Å². The first-order chi connectivity index (χ1) is 12.9. The lowest BCUT2D eigenvalue weighted by molar-refractivity contribution is -0.384. The van der Waals surface area contributed by atoms with Gasteiger partial charge >= 0.3 is 0 Å². The molecule has 0 bridgehead atoms. The molecule has 1 saturated heterocycles. The number of nitrogens with zero attached hydrogens (tertiary/aromatic N) is 3. The van der Waals surface area contributed by atoms with E-state index in [0.717, 1.165) is 6.42 Å². The number of nitro groups is 1. The van der Waals surface area contributed by atoms with E-state index < -0.39 is 11.0 Å². The van der Waals surface area contributed by atoms with Crippen LogP contribution in [0.3, 0.4) is 0 Å². The Balaban J connectivity index is 1.99. The second-order valence-corrected chi connectivity index (χ2v) is 6.74. The van der Waals surface area contributed by atoms with E-state index in [9.17, 15) is 19.7 Å². The molecule has 7 heteroatoms. The summed E-state index contributed by atoms with van der Waals surface area (Å²) < 4.78 is 0. The molecule has 2 aromatic carbocycles. The van der Waals surface area contributed by atoms with Crippen LogP contribution in [0, 0.1) is 10.1 Å². The quantitative estimate of drug-likeness (QED) is 0.461. The van der Waals surface area contributed by atoms with Crippen LogP contribution >= 0.6 is 0 Å². The smallest absolute Gasteiger partial charge is 0.293 e. The monoisotopic (exact) mass is 367 g/mol. The number of nitro benzene ring substituents is 1. The number of likely N-dealkylation sites (N-methyl/N-ethyl adjacent to an activating group) is 1. The maximum Gasteiger partial charge on any atom is 0.293 e. The number of benzene rings is 2. The van der Waals surface area contributed by atoms with Gasteiger partial charge in [0.25, 0.3) is 5.69 Å². The van der Waals surface area contributed by atoms with E-state index in [1.807, 2.05) is 0 Å². The minimum atomic E-state index is -0.493. The first kappa shape index (κ1) is 18.6. The Bertz CT molecular complexity index is 880. The van der Waals surface area contributed by atoms with Gasteiger partial charge in [0.15, 0.2) is 5.78 Å². The molecule has 0 N–H and O–H groups in total. The maximum absolute atomic E-state index is 12.6. The van der Waals surface area contributed by atoms with Crippen LogP contribution in [0.2, 0.25) is 0 Å². The number of hydrogen-bond acceptors (Lipinski definition) is 5. The molecule has 0 aliphatic carbocycles. The standard InChI is InChI=1S/C20H21N3O4/c1-21(2)20(25)17-9-6-12-22(17)16-11-10-15(13-18(16)23(26)27)19(24)14-7-4-3-5-8-14/h3-5,7-8,10-11,13,17H,6,9,12H2,1-2H3. The number of carbonyl (C=O) groups is 2. The Morgan fingerprint density at radius 3 is 2.44 bits per heavy atom. The van der Waals surface area contributed by atoms with Gasteiger partial charge in [-0.1, -0.05) is 30.3 Å². The number of anilines is 1. The van der Waals surface area contributed by atoms with Gasteiger partial charge in [-0.05, 0) is 25.0 Å². The highest BCUT2D eigenvalue weighted by molar-refractivity contribution is 6.09. The minimum Gasteiger partial charge on any atom is -0.354 e. The zero-order chi connectivity index (χ0) is 19.6. The first-order valence-electron chi connectivity index (χ1n) is 8.76. The van der Waals surface area contributed by atoms with Crippen LogP contribution in [-0.4, -0.2) is 48.2 Å². The molecule has 3 rings (SSSR count). The number of carbonyl (C=O) groups excluding carboxylic acids is 2. The summed E-state index contributed by atoms with van der Waals surface area (Å²) in [5, 5.41) is 11.7. The summed E-state index contributed by atoms with van der Waals surface area (Å²) in [4.78, 5) is 39.5. The van der Waals surface area contributed by atoms with Crippen LogP contribution in [0.1, 0.15) is 28.8 Å².